The standard InChI is InChI=1S/C7H9NO3/c1-3-6(11-4-8)5(2)7(9)10/h3H2,1-2H3,(H,9,10)/b6-5+. The second-order valence-corrected chi connectivity index (χ2v) is 1.90. The Labute approximate surface area is 64.7 Å². The maximum absolute atomic E-state index is 10.3. The third-order valence-electron chi connectivity index (χ3n) is 1.23. The number of rotatable bonds is 3. The van der Waals surface area contributed by atoms with Crippen molar-refractivity contribution in [2.24, 2.45) is 0 Å². The zero-order valence-electron chi connectivity index (χ0n) is 6.42. The Kier molecular flexibility index (Phi) is 3.75. The van der Waals surface area contributed by atoms with Crippen LogP contribution in [0.15, 0.2) is 11.3 Å². The quantitative estimate of drug-likeness (QED) is 0.378. The van der Waals surface area contributed by atoms with Crippen molar-refractivity contribution < 1.29 is 14.6 Å². The Morgan fingerprint density at radius 3 is 2.55 bits per heavy atom. The monoisotopic (exact) mass is 155 g/mol. The molecule has 0 aliphatic carbocycles. The molecule has 0 radical (unpaired) electrons. The summed E-state index contributed by atoms with van der Waals surface area (Å²) in [5.41, 5.74) is 0.0778. The van der Waals surface area contributed by atoms with E-state index in [2.05, 4.69) is 4.74 Å². The smallest absolute Gasteiger partial charge is 0.334 e. The third kappa shape index (κ3) is 2.72. The maximum atomic E-state index is 10.3. The predicted octanol–water partition coefficient (Wildman–Crippen LogP) is 1.25. The first-order chi connectivity index (χ1) is 5.13. The van der Waals surface area contributed by atoms with Gasteiger partial charge in [0.1, 0.15) is 5.76 Å². The van der Waals surface area contributed by atoms with Gasteiger partial charge in [0.15, 0.2) is 0 Å². The molecule has 0 aromatic rings. The summed E-state index contributed by atoms with van der Waals surface area (Å²) in [6.45, 7) is 3.12. The molecule has 0 rings (SSSR count). The second kappa shape index (κ2) is 4.34. The van der Waals surface area contributed by atoms with Crippen LogP contribution in [0.4, 0.5) is 0 Å². The maximum Gasteiger partial charge on any atom is 0.334 e. The molecular weight excluding hydrogens is 146 g/mol. The summed E-state index contributed by atoms with van der Waals surface area (Å²) >= 11 is 0. The van der Waals surface area contributed by atoms with Crippen molar-refractivity contribution in [3.63, 3.8) is 0 Å². The van der Waals surface area contributed by atoms with E-state index in [4.69, 9.17) is 10.4 Å². The van der Waals surface area contributed by atoms with Gasteiger partial charge >= 0.3 is 5.97 Å². The number of carbonyl (C=O) groups is 1. The van der Waals surface area contributed by atoms with E-state index < -0.39 is 5.97 Å². The predicted molar refractivity (Wildman–Crippen MR) is 37.3 cm³/mol. The molecule has 0 spiro atoms. The number of hydrogen-bond acceptors (Lipinski definition) is 3. The van der Waals surface area contributed by atoms with Crippen LogP contribution < -0.4 is 0 Å². The van der Waals surface area contributed by atoms with Gasteiger partial charge in [-0.3, -0.25) is 0 Å². The lowest BCUT2D eigenvalue weighted by atomic mass is 10.2. The van der Waals surface area contributed by atoms with Crippen molar-refractivity contribution in [3.8, 4) is 6.26 Å². The molecule has 0 aromatic heterocycles. The van der Waals surface area contributed by atoms with Crippen molar-refractivity contribution in [3.05, 3.63) is 11.3 Å². The van der Waals surface area contributed by atoms with E-state index in [1.165, 1.54) is 13.2 Å². The molecule has 0 aliphatic heterocycles. The van der Waals surface area contributed by atoms with Crippen LogP contribution in [0.25, 0.3) is 0 Å². The lowest BCUT2D eigenvalue weighted by Crippen LogP contribution is -2.01. The van der Waals surface area contributed by atoms with Crippen molar-refractivity contribution in [1.82, 2.24) is 0 Å². The largest absolute Gasteiger partial charge is 0.478 e. The van der Waals surface area contributed by atoms with E-state index in [9.17, 15) is 4.79 Å². The summed E-state index contributed by atoms with van der Waals surface area (Å²) in [5, 5.41) is 16.6. The van der Waals surface area contributed by atoms with Gasteiger partial charge in [0.05, 0.1) is 5.57 Å². The van der Waals surface area contributed by atoms with Gasteiger partial charge in [0.2, 0.25) is 0 Å². The number of carboxylic acids is 1. The Balaban J connectivity index is 4.56. The lowest BCUT2D eigenvalue weighted by Gasteiger charge is -2.00. The van der Waals surface area contributed by atoms with Crippen LogP contribution in [0, 0.1) is 11.5 Å². The minimum absolute atomic E-state index is 0.0778. The van der Waals surface area contributed by atoms with Crippen LogP contribution in [0.2, 0.25) is 0 Å². The van der Waals surface area contributed by atoms with Gasteiger partial charge in [-0.2, -0.15) is 0 Å². The highest BCUT2D eigenvalue weighted by molar-refractivity contribution is 5.86. The van der Waals surface area contributed by atoms with Crippen molar-refractivity contribution in [2.75, 3.05) is 0 Å². The number of nitriles is 1. The minimum Gasteiger partial charge on any atom is -0.478 e. The summed E-state index contributed by atoms with van der Waals surface area (Å²) in [7, 11) is 0. The van der Waals surface area contributed by atoms with Gasteiger partial charge in [-0.25, -0.2) is 4.79 Å². The molecule has 0 unspecified atom stereocenters. The van der Waals surface area contributed by atoms with Crippen molar-refractivity contribution >= 4 is 5.97 Å². The van der Waals surface area contributed by atoms with Crippen LogP contribution in [-0.4, -0.2) is 11.1 Å². The molecule has 1 N–H and O–H groups in total. The average Bonchev–Trinajstić information content (AvgIpc) is 1.98. The fraction of sp³-hybridized carbons (Fsp3) is 0.429. The normalized spacial score (nSPS) is 11.4. The van der Waals surface area contributed by atoms with Crippen LogP contribution in [0.5, 0.6) is 0 Å². The van der Waals surface area contributed by atoms with Crippen LogP contribution in [-0.2, 0) is 9.53 Å². The molecule has 0 atom stereocenters. The highest BCUT2D eigenvalue weighted by Gasteiger charge is 2.08. The molecule has 0 aliphatic rings. The number of carboxylic acid groups (broad SMARTS) is 1. The number of ether oxygens (including phenoxy) is 1. The molecule has 0 saturated carbocycles. The molecule has 0 fully saturated rings. The zero-order chi connectivity index (χ0) is 8.85. The average molecular weight is 155 g/mol. The Morgan fingerprint density at radius 2 is 2.27 bits per heavy atom. The number of aliphatic carboxylic acids is 1. The van der Waals surface area contributed by atoms with E-state index in [0.29, 0.717) is 6.42 Å². The first kappa shape index (κ1) is 9.50. The first-order valence-corrected chi connectivity index (χ1v) is 3.12. The number of nitrogens with zero attached hydrogens (tertiary/aromatic N) is 1. The van der Waals surface area contributed by atoms with Gasteiger partial charge in [-0.1, -0.05) is 6.92 Å². The van der Waals surface area contributed by atoms with Crippen molar-refractivity contribution in [1.29, 1.82) is 5.26 Å². The van der Waals surface area contributed by atoms with Gasteiger partial charge in [0.25, 0.3) is 6.26 Å². The highest BCUT2D eigenvalue weighted by Crippen LogP contribution is 2.09. The Hall–Kier alpha value is -1.50. The SMILES string of the molecule is CC/C(OC#N)=C(/C)C(=O)O. The summed E-state index contributed by atoms with van der Waals surface area (Å²) in [6.07, 6.45) is 1.84. The Morgan fingerprint density at radius 1 is 1.73 bits per heavy atom. The Bertz CT molecular complexity index is 224. The van der Waals surface area contributed by atoms with Crippen LogP contribution in [0.3, 0.4) is 0 Å². The summed E-state index contributed by atoms with van der Waals surface area (Å²) in [6, 6.07) is 0. The second-order valence-electron chi connectivity index (χ2n) is 1.90. The summed E-state index contributed by atoms with van der Waals surface area (Å²) in [5.74, 6) is -0.850. The first-order valence-electron chi connectivity index (χ1n) is 3.12. The molecular formula is C7H9NO3. The van der Waals surface area contributed by atoms with E-state index in [0.717, 1.165) is 0 Å². The molecule has 0 saturated heterocycles. The van der Waals surface area contributed by atoms with Gasteiger partial charge < -0.3 is 9.84 Å². The molecule has 0 bridgehead atoms. The van der Waals surface area contributed by atoms with Crippen LogP contribution >= 0.6 is 0 Å². The lowest BCUT2D eigenvalue weighted by molar-refractivity contribution is -0.132. The van der Waals surface area contributed by atoms with E-state index in [1.807, 2.05) is 0 Å². The zero-order valence-corrected chi connectivity index (χ0v) is 6.42. The molecule has 11 heavy (non-hydrogen) atoms. The van der Waals surface area contributed by atoms with Crippen LogP contribution in [0.1, 0.15) is 20.3 Å². The molecule has 0 heterocycles. The summed E-state index contributed by atoms with van der Waals surface area (Å²) < 4.78 is 4.42. The number of hydrogen-bond donors (Lipinski definition) is 1. The highest BCUT2D eigenvalue weighted by atomic mass is 16.5. The molecule has 4 heteroatoms. The van der Waals surface area contributed by atoms with Gasteiger partial charge in [-0.05, 0) is 6.92 Å². The fourth-order valence-electron chi connectivity index (χ4n) is 0.588. The number of allylic oxidation sites excluding steroid dienone is 1. The van der Waals surface area contributed by atoms with E-state index >= 15 is 0 Å². The van der Waals surface area contributed by atoms with E-state index in [-0.39, 0.29) is 11.3 Å². The van der Waals surface area contributed by atoms with Gasteiger partial charge in [-0.15, -0.1) is 5.26 Å². The molecule has 60 valence electrons. The fourth-order valence-corrected chi connectivity index (χ4v) is 0.588. The molecule has 0 amide bonds. The molecule has 4 nitrogen and oxygen atoms in total. The van der Waals surface area contributed by atoms with E-state index in [1.54, 1.807) is 6.92 Å². The minimum atomic E-state index is -1.06. The molecule has 0 aromatic carbocycles. The topological polar surface area (TPSA) is 70.3 Å². The third-order valence-corrected chi connectivity index (χ3v) is 1.23. The summed E-state index contributed by atoms with van der Waals surface area (Å²) in [4.78, 5) is 10.3. The van der Waals surface area contributed by atoms with Gasteiger partial charge in [0, 0.05) is 6.42 Å². The van der Waals surface area contributed by atoms with Crippen molar-refractivity contribution in [2.45, 2.75) is 20.3 Å².